The van der Waals surface area contributed by atoms with Crippen molar-refractivity contribution in [2.24, 2.45) is 5.73 Å². The summed E-state index contributed by atoms with van der Waals surface area (Å²) in [5, 5.41) is 7.35. The molecule has 25 heavy (non-hydrogen) atoms. The summed E-state index contributed by atoms with van der Waals surface area (Å²) in [6.45, 7) is 4.07. The predicted molar refractivity (Wildman–Crippen MR) is 100 cm³/mol. The van der Waals surface area contributed by atoms with Crippen molar-refractivity contribution in [3.8, 4) is 10.7 Å². The van der Waals surface area contributed by atoms with Crippen molar-refractivity contribution in [1.82, 2.24) is 15.0 Å². The summed E-state index contributed by atoms with van der Waals surface area (Å²) in [5.41, 5.74) is 9.43. The van der Waals surface area contributed by atoms with Gasteiger partial charge in [0.05, 0.1) is 0 Å². The number of hydrogen-bond acceptors (Lipinski definition) is 7. The second-order valence-electron chi connectivity index (χ2n) is 5.58. The van der Waals surface area contributed by atoms with Crippen molar-refractivity contribution in [2.45, 2.75) is 13.8 Å². The highest BCUT2D eigenvalue weighted by molar-refractivity contribution is 7.19. The Morgan fingerprint density at radius 3 is 2.48 bits per heavy atom. The molecule has 3 aromatic rings. The Hall–Kier alpha value is -3.00. The van der Waals surface area contributed by atoms with E-state index in [9.17, 15) is 4.79 Å². The lowest BCUT2D eigenvalue weighted by Crippen LogP contribution is -2.13. The number of carbonyl (C=O) groups excluding carboxylic acids is 1. The van der Waals surface area contributed by atoms with Crippen LogP contribution in [0, 0.1) is 13.8 Å². The van der Waals surface area contributed by atoms with Gasteiger partial charge in [-0.05, 0) is 43.2 Å². The fourth-order valence-electron chi connectivity index (χ4n) is 2.48. The molecule has 0 saturated heterocycles. The van der Waals surface area contributed by atoms with Gasteiger partial charge in [-0.25, -0.2) is 15.0 Å². The first-order valence-electron chi connectivity index (χ1n) is 7.63. The number of primary amides is 1. The van der Waals surface area contributed by atoms with E-state index in [1.807, 2.05) is 26.0 Å². The zero-order valence-electron chi connectivity index (χ0n) is 14.1. The smallest absolute Gasteiger partial charge is 0.270 e. The average molecular weight is 354 g/mol. The molecule has 0 aliphatic rings. The molecule has 0 aliphatic heterocycles. The molecule has 128 valence electrons. The molecule has 0 aliphatic carbocycles. The molecule has 1 aromatic carbocycles. The van der Waals surface area contributed by atoms with Crippen molar-refractivity contribution >= 4 is 33.9 Å². The van der Waals surface area contributed by atoms with E-state index < -0.39 is 5.91 Å². The standard InChI is InChI=1S/C17H18N6OS/c1-9-6-10(2)8-11(7-9)21-17-20-5-4-12(22-17)15-23-13(14(18)24)16(19-3)25-15/h4-8,19H,1-3H3,(H2,18,24)(H,20,21,22). The highest BCUT2D eigenvalue weighted by Crippen LogP contribution is 2.31. The molecule has 0 spiro atoms. The molecule has 0 unspecified atom stereocenters. The zero-order valence-corrected chi connectivity index (χ0v) is 14.9. The molecular weight excluding hydrogens is 336 g/mol. The van der Waals surface area contributed by atoms with Gasteiger partial charge < -0.3 is 16.4 Å². The van der Waals surface area contributed by atoms with Crippen LogP contribution in [0.25, 0.3) is 10.7 Å². The molecule has 0 radical (unpaired) electrons. The van der Waals surface area contributed by atoms with Crippen LogP contribution in [-0.2, 0) is 0 Å². The lowest BCUT2D eigenvalue weighted by Gasteiger charge is -2.07. The molecule has 2 heterocycles. The number of rotatable bonds is 5. The maximum absolute atomic E-state index is 11.5. The number of thiazole rings is 1. The minimum absolute atomic E-state index is 0.213. The SMILES string of the molecule is CNc1sc(-c2ccnc(Nc3cc(C)cc(C)c3)n2)nc1C(N)=O. The molecule has 0 bridgehead atoms. The summed E-state index contributed by atoms with van der Waals surface area (Å²) in [5.74, 6) is -0.112. The van der Waals surface area contributed by atoms with E-state index in [0.717, 1.165) is 16.8 Å². The van der Waals surface area contributed by atoms with E-state index in [2.05, 4.69) is 31.7 Å². The molecule has 4 N–H and O–H groups in total. The summed E-state index contributed by atoms with van der Waals surface area (Å²) < 4.78 is 0. The van der Waals surface area contributed by atoms with E-state index in [0.29, 0.717) is 21.7 Å². The number of amides is 1. The van der Waals surface area contributed by atoms with Crippen LogP contribution in [0.2, 0.25) is 0 Å². The monoisotopic (exact) mass is 354 g/mol. The molecule has 8 heteroatoms. The van der Waals surface area contributed by atoms with Crippen molar-refractivity contribution < 1.29 is 4.79 Å². The molecular formula is C17H18N6OS. The van der Waals surface area contributed by atoms with Crippen molar-refractivity contribution in [3.05, 3.63) is 47.3 Å². The number of nitrogens with one attached hydrogen (secondary N) is 2. The first-order valence-corrected chi connectivity index (χ1v) is 8.45. The Balaban J connectivity index is 1.93. The Morgan fingerprint density at radius 1 is 1.16 bits per heavy atom. The van der Waals surface area contributed by atoms with Crippen LogP contribution in [0.4, 0.5) is 16.6 Å². The topological polar surface area (TPSA) is 106 Å². The second-order valence-corrected chi connectivity index (χ2v) is 6.58. The van der Waals surface area contributed by atoms with Gasteiger partial charge in [0.1, 0.15) is 15.7 Å². The second kappa shape index (κ2) is 6.86. The van der Waals surface area contributed by atoms with Gasteiger partial charge in [-0.3, -0.25) is 4.79 Å². The summed E-state index contributed by atoms with van der Waals surface area (Å²) in [7, 11) is 1.72. The molecule has 7 nitrogen and oxygen atoms in total. The van der Waals surface area contributed by atoms with Crippen molar-refractivity contribution in [3.63, 3.8) is 0 Å². The van der Waals surface area contributed by atoms with E-state index in [4.69, 9.17) is 5.73 Å². The van der Waals surface area contributed by atoms with Crippen LogP contribution < -0.4 is 16.4 Å². The Kier molecular flexibility index (Phi) is 4.62. The lowest BCUT2D eigenvalue weighted by atomic mass is 10.1. The summed E-state index contributed by atoms with van der Waals surface area (Å²) in [6.07, 6.45) is 1.65. The first-order chi connectivity index (χ1) is 12.0. The van der Waals surface area contributed by atoms with Gasteiger partial charge in [-0.15, -0.1) is 0 Å². The fraction of sp³-hybridized carbons (Fsp3) is 0.176. The van der Waals surface area contributed by atoms with Crippen LogP contribution in [0.5, 0.6) is 0 Å². The Bertz CT molecular complexity index is 916. The number of hydrogen-bond donors (Lipinski definition) is 3. The number of benzene rings is 1. The zero-order chi connectivity index (χ0) is 18.0. The van der Waals surface area contributed by atoms with Gasteiger partial charge >= 0.3 is 0 Å². The van der Waals surface area contributed by atoms with Gasteiger partial charge in [-0.2, -0.15) is 0 Å². The number of anilines is 3. The average Bonchev–Trinajstić information content (AvgIpc) is 2.99. The highest BCUT2D eigenvalue weighted by Gasteiger charge is 2.17. The maximum Gasteiger partial charge on any atom is 0.270 e. The van der Waals surface area contributed by atoms with Gasteiger partial charge in [0.2, 0.25) is 5.95 Å². The fourth-order valence-corrected chi connectivity index (χ4v) is 3.37. The van der Waals surface area contributed by atoms with Gasteiger partial charge in [0.25, 0.3) is 5.91 Å². The number of aryl methyl sites for hydroxylation is 2. The summed E-state index contributed by atoms with van der Waals surface area (Å²) in [6, 6.07) is 7.89. The van der Waals surface area contributed by atoms with E-state index >= 15 is 0 Å². The molecule has 1 amide bonds. The van der Waals surface area contributed by atoms with E-state index in [1.54, 1.807) is 19.3 Å². The molecule has 3 rings (SSSR count). The van der Waals surface area contributed by atoms with E-state index in [1.165, 1.54) is 11.3 Å². The van der Waals surface area contributed by atoms with Gasteiger partial charge in [-0.1, -0.05) is 17.4 Å². The van der Waals surface area contributed by atoms with Gasteiger partial charge in [0, 0.05) is 18.9 Å². The molecule has 0 saturated carbocycles. The normalized spacial score (nSPS) is 10.5. The number of nitrogens with zero attached hydrogens (tertiary/aromatic N) is 3. The van der Waals surface area contributed by atoms with E-state index in [-0.39, 0.29) is 5.69 Å². The van der Waals surface area contributed by atoms with Crippen LogP contribution in [-0.4, -0.2) is 27.9 Å². The first kappa shape index (κ1) is 16.8. The summed E-state index contributed by atoms with van der Waals surface area (Å²) >= 11 is 1.32. The van der Waals surface area contributed by atoms with Crippen LogP contribution in [0.1, 0.15) is 21.6 Å². The third kappa shape index (κ3) is 3.74. The third-order valence-corrected chi connectivity index (χ3v) is 4.54. The van der Waals surface area contributed by atoms with Crippen LogP contribution in [0.3, 0.4) is 0 Å². The van der Waals surface area contributed by atoms with Crippen molar-refractivity contribution in [2.75, 3.05) is 17.7 Å². The van der Waals surface area contributed by atoms with Crippen molar-refractivity contribution in [1.29, 1.82) is 0 Å². The quantitative estimate of drug-likeness (QED) is 0.650. The third-order valence-electron chi connectivity index (χ3n) is 3.44. The number of aromatic nitrogens is 3. The molecule has 0 atom stereocenters. The van der Waals surface area contributed by atoms with Crippen LogP contribution in [0.15, 0.2) is 30.5 Å². The number of nitrogens with two attached hydrogens (primary N) is 1. The number of carbonyl (C=O) groups is 1. The lowest BCUT2D eigenvalue weighted by molar-refractivity contribution is 0.0997. The Morgan fingerprint density at radius 2 is 1.88 bits per heavy atom. The van der Waals surface area contributed by atoms with Crippen LogP contribution >= 0.6 is 11.3 Å². The minimum atomic E-state index is -0.575. The predicted octanol–water partition coefficient (Wildman–Crippen LogP) is 3.10. The Labute approximate surface area is 149 Å². The largest absolute Gasteiger partial charge is 0.378 e. The summed E-state index contributed by atoms with van der Waals surface area (Å²) in [4.78, 5) is 24.5. The molecule has 2 aromatic heterocycles. The highest BCUT2D eigenvalue weighted by atomic mass is 32.1. The minimum Gasteiger partial charge on any atom is -0.378 e. The maximum atomic E-state index is 11.5. The molecule has 0 fully saturated rings. The van der Waals surface area contributed by atoms with Gasteiger partial charge in [0.15, 0.2) is 5.69 Å².